The van der Waals surface area contributed by atoms with Gasteiger partial charge in [-0.15, -0.1) is 0 Å². The molecule has 1 unspecified atom stereocenters. The third-order valence-corrected chi connectivity index (χ3v) is 6.05. The number of aliphatic hydroxyl groups is 3. The van der Waals surface area contributed by atoms with Crippen LogP contribution in [0.25, 0.3) is 0 Å². The van der Waals surface area contributed by atoms with E-state index in [0.717, 1.165) is 24.3 Å². The summed E-state index contributed by atoms with van der Waals surface area (Å²) >= 11 is 0. The molecule has 1 saturated carbocycles. The van der Waals surface area contributed by atoms with Gasteiger partial charge in [0.1, 0.15) is 42.4 Å². The molecular weight excluding hydrogens is 523 g/mol. The van der Waals surface area contributed by atoms with Gasteiger partial charge in [0.05, 0.1) is 4.92 Å². The van der Waals surface area contributed by atoms with Crippen molar-refractivity contribution in [3.63, 3.8) is 0 Å². The number of nitrogens with zero attached hydrogens (tertiary/aromatic N) is 1. The van der Waals surface area contributed by atoms with E-state index in [-0.39, 0.29) is 0 Å². The lowest BCUT2D eigenvalue weighted by Crippen LogP contribution is -2.65. The van der Waals surface area contributed by atoms with E-state index >= 15 is 0 Å². The van der Waals surface area contributed by atoms with Gasteiger partial charge >= 0.3 is 23.5 Å². The highest BCUT2D eigenvalue weighted by Crippen LogP contribution is 2.51. The summed E-state index contributed by atoms with van der Waals surface area (Å²) in [7, 11) is -16.3. The molecule has 2 rings (SSSR count). The van der Waals surface area contributed by atoms with Crippen molar-refractivity contribution in [1.82, 2.24) is 0 Å². The average molecular weight is 541 g/mol. The van der Waals surface area contributed by atoms with Crippen LogP contribution in [0.2, 0.25) is 0 Å². The Balaban J connectivity index is 2.28. The van der Waals surface area contributed by atoms with Crippen molar-refractivity contribution in [2.24, 2.45) is 0 Å². The fourth-order valence-electron chi connectivity index (χ4n) is 2.79. The molecule has 188 valence electrons. The number of non-ortho nitro benzene ring substituents is 1. The van der Waals surface area contributed by atoms with Crippen molar-refractivity contribution in [2.45, 2.75) is 36.6 Å². The smallest absolute Gasteiger partial charge is 0.404 e. The minimum absolute atomic E-state index is 0.397. The molecule has 0 aromatic heterocycles. The lowest BCUT2D eigenvalue weighted by atomic mass is 9.85. The predicted molar refractivity (Wildman–Crippen MR) is 100 cm³/mol. The molecule has 18 nitrogen and oxygen atoms in total. The number of hydrogen-bond donors (Lipinski definition) is 8. The molecule has 33 heavy (non-hydrogen) atoms. The molecule has 1 fully saturated rings. The highest BCUT2D eigenvalue weighted by atomic mass is 31.2. The molecule has 7 atom stereocenters. The maximum atomic E-state index is 12.3. The monoisotopic (exact) mass is 541 g/mol. The summed E-state index contributed by atoms with van der Waals surface area (Å²) in [5, 5.41) is 41.2. The van der Waals surface area contributed by atoms with E-state index in [0.29, 0.717) is 0 Å². The summed E-state index contributed by atoms with van der Waals surface area (Å²) in [6, 6.07) is 3.60. The number of phosphoric acid groups is 3. The molecule has 0 heterocycles. The van der Waals surface area contributed by atoms with Gasteiger partial charge in [0.15, 0.2) is 0 Å². The number of hydrogen-bond acceptors (Lipinski definition) is 12. The molecule has 0 radical (unpaired) electrons. The first-order valence-electron chi connectivity index (χ1n) is 8.37. The van der Waals surface area contributed by atoms with Crippen molar-refractivity contribution in [3.8, 4) is 5.75 Å². The van der Waals surface area contributed by atoms with E-state index in [2.05, 4.69) is 18.1 Å². The van der Waals surface area contributed by atoms with Crippen LogP contribution in [0, 0.1) is 10.1 Å². The van der Waals surface area contributed by atoms with Crippen LogP contribution in [0.3, 0.4) is 0 Å². The van der Waals surface area contributed by atoms with Crippen LogP contribution in [-0.4, -0.2) is 81.3 Å². The van der Waals surface area contributed by atoms with Crippen LogP contribution in [0.4, 0.5) is 5.69 Å². The van der Waals surface area contributed by atoms with E-state index in [1.807, 2.05) is 0 Å². The fourth-order valence-corrected chi connectivity index (χ4v) is 4.90. The molecule has 0 amide bonds. The Kier molecular flexibility index (Phi) is 8.55. The second kappa shape index (κ2) is 10.1. The maximum Gasteiger partial charge on any atom is 0.527 e. The summed E-state index contributed by atoms with van der Waals surface area (Å²) in [4.78, 5) is 55.6. The van der Waals surface area contributed by atoms with Gasteiger partial charge in [-0.05, 0) is 12.1 Å². The van der Waals surface area contributed by atoms with Crippen LogP contribution in [0.15, 0.2) is 24.3 Å². The Morgan fingerprint density at radius 3 is 1.58 bits per heavy atom. The molecule has 1 aromatic carbocycles. The number of phosphoric ester groups is 3. The minimum Gasteiger partial charge on any atom is -0.404 e. The highest BCUT2D eigenvalue weighted by molar-refractivity contribution is 7.48. The average Bonchev–Trinajstić information content (AvgIpc) is 2.64. The number of aliphatic hydroxyl groups excluding tert-OH is 3. The van der Waals surface area contributed by atoms with Gasteiger partial charge in [0.25, 0.3) is 5.69 Å². The predicted octanol–water partition coefficient (Wildman–Crippen LogP) is -1.49. The Labute approximate surface area is 183 Å². The Bertz CT molecular complexity index is 989. The summed E-state index contributed by atoms with van der Waals surface area (Å²) in [6.07, 6.45) is -14.7. The van der Waals surface area contributed by atoms with E-state index in [1.165, 1.54) is 0 Å². The van der Waals surface area contributed by atoms with Crippen LogP contribution >= 0.6 is 23.5 Å². The molecule has 8 N–H and O–H groups in total. The first-order valence-corrected chi connectivity index (χ1v) is 12.9. The third-order valence-electron chi connectivity index (χ3n) is 4.06. The molecule has 1 aromatic rings. The maximum absolute atomic E-state index is 12.3. The molecule has 1 aliphatic carbocycles. The van der Waals surface area contributed by atoms with Crippen molar-refractivity contribution < 1.29 is 76.5 Å². The molecule has 0 saturated heterocycles. The quantitative estimate of drug-likeness (QED) is 0.100. The number of nitro benzene ring substituents is 1. The molecule has 21 heteroatoms. The zero-order valence-electron chi connectivity index (χ0n) is 15.8. The van der Waals surface area contributed by atoms with Gasteiger partial charge < -0.3 is 39.4 Å². The largest absolute Gasteiger partial charge is 0.527 e. The topological polar surface area (TPSA) is 293 Å². The summed E-state index contributed by atoms with van der Waals surface area (Å²) in [5.41, 5.74) is -0.397. The second-order valence-corrected chi connectivity index (χ2v) is 10.2. The normalized spacial score (nSPS) is 30.4. The molecular formula is C12H18NO17P3. The zero-order chi connectivity index (χ0) is 25.4. The number of nitro groups is 1. The molecule has 0 aliphatic heterocycles. The van der Waals surface area contributed by atoms with Crippen LogP contribution in [0.1, 0.15) is 0 Å². The summed E-state index contributed by atoms with van der Waals surface area (Å²) < 4.78 is 52.2. The number of rotatable bonds is 9. The van der Waals surface area contributed by atoms with E-state index < -0.39 is 76.5 Å². The fraction of sp³-hybridized carbons (Fsp3) is 0.500. The lowest BCUT2D eigenvalue weighted by molar-refractivity contribution is -0.384. The Morgan fingerprint density at radius 1 is 0.727 bits per heavy atom. The van der Waals surface area contributed by atoms with E-state index in [1.54, 1.807) is 0 Å². The van der Waals surface area contributed by atoms with Crippen molar-refractivity contribution >= 4 is 29.2 Å². The molecule has 1 aliphatic rings. The Morgan fingerprint density at radius 2 is 1.15 bits per heavy atom. The van der Waals surface area contributed by atoms with Gasteiger partial charge in [-0.3, -0.25) is 28.6 Å². The minimum atomic E-state index is -5.53. The van der Waals surface area contributed by atoms with E-state index in [4.69, 9.17) is 19.6 Å². The van der Waals surface area contributed by atoms with Crippen LogP contribution < -0.4 is 4.52 Å². The van der Waals surface area contributed by atoms with Crippen LogP contribution in [0.5, 0.6) is 5.75 Å². The van der Waals surface area contributed by atoms with E-state index in [9.17, 15) is 44.0 Å². The second-order valence-electron chi connectivity index (χ2n) is 6.47. The van der Waals surface area contributed by atoms with Crippen LogP contribution in [-0.2, 0) is 27.3 Å². The highest BCUT2D eigenvalue weighted by Gasteiger charge is 2.56. The summed E-state index contributed by atoms with van der Waals surface area (Å²) in [6.45, 7) is 0. The first kappa shape index (κ1) is 27.9. The van der Waals surface area contributed by atoms with Crippen molar-refractivity contribution in [2.75, 3.05) is 0 Å². The number of benzene rings is 1. The van der Waals surface area contributed by atoms with Crippen molar-refractivity contribution in [3.05, 3.63) is 34.4 Å². The van der Waals surface area contributed by atoms with Gasteiger partial charge in [-0.1, -0.05) is 0 Å². The molecule has 0 bridgehead atoms. The third kappa shape index (κ3) is 7.85. The van der Waals surface area contributed by atoms with Gasteiger partial charge in [-0.25, -0.2) is 13.7 Å². The Hall–Kier alpha value is -1.33. The van der Waals surface area contributed by atoms with Gasteiger partial charge in [0.2, 0.25) is 0 Å². The van der Waals surface area contributed by atoms with Gasteiger partial charge in [-0.2, -0.15) is 0 Å². The van der Waals surface area contributed by atoms with Crippen molar-refractivity contribution in [1.29, 1.82) is 0 Å². The zero-order valence-corrected chi connectivity index (χ0v) is 18.5. The lowest BCUT2D eigenvalue weighted by Gasteiger charge is -2.44. The SMILES string of the molecule is O=[N+]([O-])c1ccc(OP(=O)(O)O[C@@H]2[C@H](O)[C@H](O)[C@@H](OP(=O)(O)O)[C@H](OP(=O)(O)O)[C@H]2O)cc1. The van der Waals surface area contributed by atoms with Gasteiger partial charge in [0, 0.05) is 12.1 Å². The molecule has 0 spiro atoms. The first-order chi connectivity index (χ1) is 14.9. The standard InChI is InChI=1S/C12H18NO17P3/c14-7-8(15)11(28-31(19,20)21)12(29-32(22,23)24)9(16)10(7)30-33(25,26)27-6-3-1-5(2-4-6)13(17)18/h1-4,7-12,14-16H,(H,25,26)(H2,19,20,21)(H2,22,23,24)/t7-,8+,9+,10-,11-,12-/m1/s1. The summed E-state index contributed by atoms with van der Waals surface area (Å²) in [5.74, 6) is -0.447.